The van der Waals surface area contributed by atoms with E-state index in [0.29, 0.717) is 39.0 Å². The molecule has 2 fully saturated rings. The van der Waals surface area contributed by atoms with Gasteiger partial charge in [0.2, 0.25) is 11.8 Å². The Kier molecular flexibility index (Phi) is 4.96. The number of nitrogens with one attached hydrogen (secondary N) is 2. The summed E-state index contributed by atoms with van der Waals surface area (Å²) in [5.74, 6) is -0.0711. The maximum atomic E-state index is 13.0. The second kappa shape index (κ2) is 7.13. The van der Waals surface area contributed by atoms with Crippen molar-refractivity contribution in [3.8, 4) is 0 Å². The summed E-state index contributed by atoms with van der Waals surface area (Å²) in [5.41, 5.74) is 0.676. The largest absolute Gasteiger partial charge is 0.381 e. The van der Waals surface area contributed by atoms with Crippen LogP contribution in [0.5, 0.6) is 0 Å². The molecule has 2 heterocycles. The first-order chi connectivity index (χ1) is 11.2. The van der Waals surface area contributed by atoms with Gasteiger partial charge in [-0.1, -0.05) is 30.3 Å². The van der Waals surface area contributed by atoms with E-state index in [2.05, 4.69) is 22.8 Å². The summed E-state index contributed by atoms with van der Waals surface area (Å²) in [5, 5.41) is 5.82. The Balaban J connectivity index is 1.74. The molecular formula is C18H24N2O3. The van der Waals surface area contributed by atoms with Gasteiger partial charge in [0.1, 0.15) is 6.04 Å². The van der Waals surface area contributed by atoms with Gasteiger partial charge in [-0.25, -0.2) is 0 Å². The Morgan fingerprint density at radius 2 is 2.00 bits per heavy atom. The van der Waals surface area contributed by atoms with Gasteiger partial charge < -0.3 is 15.4 Å². The van der Waals surface area contributed by atoms with Gasteiger partial charge in [-0.2, -0.15) is 0 Å². The lowest BCUT2D eigenvalue weighted by molar-refractivity contribution is -0.140. The highest BCUT2D eigenvalue weighted by Crippen LogP contribution is 2.35. The normalized spacial score (nSPS) is 23.8. The lowest BCUT2D eigenvalue weighted by Gasteiger charge is -2.37. The zero-order chi connectivity index (χ0) is 16.1. The zero-order valence-electron chi connectivity index (χ0n) is 13.3. The molecule has 0 radical (unpaired) electrons. The van der Waals surface area contributed by atoms with Crippen LogP contribution < -0.4 is 10.6 Å². The molecular weight excluding hydrogens is 292 g/mol. The van der Waals surface area contributed by atoms with Crippen molar-refractivity contribution in [2.75, 3.05) is 19.8 Å². The van der Waals surface area contributed by atoms with Crippen molar-refractivity contribution in [2.45, 2.75) is 38.1 Å². The van der Waals surface area contributed by atoms with Crippen molar-refractivity contribution in [1.82, 2.24) is 10.6 Å². The Morgan fingerprint density at radius 3 is 2.70 bits per heavy atom. The number of amides is 2. The predicted octanol–water partition coefficient (Wildman–Crippen LogP) is 1.42. The van der Waals surface area contributed by atoms with Crippen LogP contribution in [0.15, 0.2) is 30.3 Å². The highest BCUT2D eigenvalue weighted by Gasteiger charge is 2.41. The highest BCUT2D eigenvalue weighted by molar-refractivity contribution is 5.90. The molecule has 2 N–H and O–H groups in total. The molecule has 2 amide bonds. The Labute approximate surface area is 136 Å². The molecule has 1 atom stereocenters. The minimum atomic E-state index is -0.475. The second-order valence-electron chi connectivity index (χ2n) is 6.51. The maximum absolute atomic E-state index is 13.0. The monoisotopic (exact) mass is 316 g/mol. The van der Waals surface area contributed by atoms with Crippen molar-refractivity contribution in [3.05, 3.63) is 35.9 Å². The molecule has 2 saturated heterocycles. The molecule has 1 aromatic rings. The molecule has 1 aromatic carbocycles. The van der Waals surface area contributed by atoms with Crippen LogP contribution in [0.2, 0.25) is 0 Å². The van der Waals surface area contributed by atoms with Gasteiger partial charge in [0, 0.05) is 19.8 Å². The molecule has 0 spiro atoms. The topological polar surface area (TPSA) is 67.4 Å². The minimum absolute atomic E-state index is 0.00768. The summed E-state index contributed by atoms with van der Waals surface area (Å²) in [7, 11) is 0. The lowest BCUT2D eigenvalue weighted by atomic mass is 9.74. The molecule has 0 saturated carbocycles. The van der Waals surface area contributed by atoms with Gasteiger partial charge in [0.05, 0.1) is 5.41 Å². The van der Waals surface area contributed by atoms with Crippen LogP contribution in [0.4, 0.5) is 0 Å². The molecule has 0 unspecified atom stereocenters. The summed E-state index contributed by atoms with van der Waals surface area (Å²) in [6.07, 6.45) is 3.71. The third-order valence-electron chi connectivity index (χ3n) is 4.91. The lowest BCUT2D eigenvalue weighted by Crippen LogP contribution is -2.55. The van der Waals surface area contributed by atoms with E-state index in [0.717, 1.165) is 18.4 Å². The van der Waals surface area contributed by atoms with E-state index in [-0.39, 0.29) is 11.8 Å². The fourth-order valence-electron chi connectivity index (χ4n) is 3.45. The minimum Gasteiger partial charge on any atom is -0.381 e. The third-order valence-corrected chi connectivity index (χ3v) is 4.91. The van der Waals surface area contributed by atoms with Crippen LogP contribution in [0.25, 0.3) is 0 Å². The van der Waals surface area contributed by atoms with Gasteiger partial charge in [-0.05, 0) is 37.7 Å². The maximum Gasteiger partial charge on any atom is 0.242 e. The second-order valence-corrected chi connectivity index (χ2v) is 6.51. The fourth-order valence-corrected chi connectivity index (χ4v) is 3.45. The molecule has 124 valence electrons. The van der Waals surface area contributed by atoms with Crippen LogP contribution >= 0.6 is 0 Å². The first-order valence-corrected chi connectivity index (χ1v) is 8.40. The summed E-state index contributed by atoms with van der Waals surface area (Å²) in [6, 6.07) is 9.68. The molecule has 0 aromatic heterocycles. The summed E-state index contributed by atoms with van der Waals surface area (Å²) in [6.45, 7) is 1.89. The average molecular weight is 316 g/mol. The van der Waals surface area contributed by atoms with Gasteiger partial charge in [0.25, 0.3) is 0 Å². The molecule has 23 heavy (non-hydrogen) atoms. The molecule has 2 aliphatic heterocycles. The quantitative estimate of drug-likeness (QED) is 0.883. The van der Waals surface area contributed by atoms with E-state index in [1.54, 1.807) is 0 Å². The van der Waals surface area contributed by atoms with E-state index in [1.807, 2.05) is 18.2 Å². The number of carbonyl (C=O) groups is 2. The van der Waals surface area contributed by atoms with E-state index in [1.165, 1.54) is 0 Å². The summed E-state index contributed by atoms with van der Waals surface area (Å²) in [4.78, 5) is 24.9. The van der Waals surface area contributed by atoms with Crippen molar-refractivity contribution in [1.29, 1.82) is 0 Å². The molecule has 3 rings (SSSR count). The number of hydrogen-bond donors (Lipinski definition) is 2. The Morgan fingerprint density at radius 1 is 1.26 bits per heavy atom. The molecule has 0 aliphatic carbocycles. The number of ether oxygens (including phenoxy) is 1. The number of benzene rings is 1. The number of piperidine rings is 1. The van der Waals surface area contributed by atoms with E-state index in [4.69, 9.17) is 4.74 Å². The number of rotatable bonds is 4. The zero-order valence-corrected chi connectivity index (χ0v) is 13.3. The first-order valence-electron chi connectivity index (χ1n) is 8.40. The average Bonchev–Trinajstić information content (AvgIpc) is 2.58. The van der Waals surface area contributed by atoms with Crippen molar-refractivity contribution in [2.24, 2.45) is 5.41 Å². The van der Waals surface area contributed by atoms with Crippen LogP contribution in [0.3, 0.4) is 0 Å². The van der Waals surface area contributed by atoms with Gasteiger partial charge >= 0.3 is 0 Å². The van der Waals surface area contributed by atoms with E-state index < -0.39 is 11.5 Å². The van der Waals surface area contributed by atoms with Crippen LogP contribution in [-0.2, 0) is 20.7 Å². The predicted molar refractivity (Wildman–Crippen MR) is 86.8 cm³/mol. The fraction of sp³-hybridized carbons (Fsp3) is 0.556. The molecule has 5 heteroatoms. The van der Waals surface area contributed by atoms with E-state index in [9.17, 15) is 9.59 Å². The molecule has 2 aliphatic rings. The summed E-state index contributed by atoms with van der Waals surface area (Å²) >= 11 is 0. The van der Waals surface area contributed by atoms with Crippen molar-refractivity contribution >= 4 is 11.8 Å². The smallest absolute Gasteiger partial charge is 0.242 e. The number of hydrogen-bond acceptors (Lipinski definition) is 3. The highest BCUT2D eigenvalue weighted by atomic mass is 16.5. The molecule has 0 bridgehead atoms. The van der Waals surface area contributed by atoms with Crippen LogP contribution in [-0.4, -0.2) is 37.6 Å². The van der Waals surface area contributed by atoms with Crippen LogP contribution in [0, 0.1) is 5.41 Å². The number of carbonyl (C=O) groups excluding carboxylic acids is 2. The Hall–Kier alpha value is -1.88. The van der Waals surface area contributed by atoms with E-state index >= 15 is 0 Å². The van der Waals surface area contributed by atoms with Gasteiger partial charge in [-0.3, -0.25) is 9.59 Å². The SMILES string of the molecule is O=C1NCCC[C@@H]1NC(=O)C1(Cc2ccccc2)CCOCC1. The molecule has 5 nitrogen and oxygen atoms in total. The third kappa shape index (κ3) is 3.72. The Bertz CT molecular complexity index is 553. The van der Waals surface area contributed by atoms with Crippen molar-refractivity contribution < 1.29 is 14.3 Å². The van der Waals surface area contributed by atoms with Gasteiger partial charge in [-0.15, -0.1) is 0 Å². The standard InChI is InChI=1S/C18H24N2O3/c21-16-15(7-4-10-19-16)20-17(22)18(8-11-23-12-9-18)13-14-5-2-1-3-6-14/h1-3,5-6,15H,4,7-13H2,(H,19,21)(H,20,22)/t15-/m0/s1. The van der Waals surface area contributed by atoms with Gasteiger partial charge in [0.15, 0.2) is 0 Å². The summed E-state index contributed by atoms with van der Waals surface area (Å²) < 4.78 is 5.46. The van der Waals surface area contributed by atoms with Crippen LogP contribution in [0.1, 0.15) is 31.2 Å². The first kappa shape index (κ1) is 16.0. The van der Waals surface area contributed by atoms with Crippen molar-refractivity contribution in [3.63, 3.8) is 0 Å².